The van der Waals surface area contributed by atoms with Gasteiger partial charge in [-0.1, -0.05) is 0 Å². The number of ketones is 1. The molecule has 16 heavy (non-hydrogen) atoms. The number of hydrogen-bond donors (Lipinski definition) is 3. The summed E-state index contributed by atoms with van der Waals surface area (Å²) < 4.78 is 5.22. The highest BCUT2D eigenvalue weighted by molar-refractivity contribution is 5.97. The van der Waals surface area contributed by atoms with E-state index < -0.39 is 6.10 Å². The predicted molar refractivity (Wildman–Crippen MR) is 59.4 cm³/mol. The van der Waals surface area contributed by atoms with Crippen LogP contribution in [0.1, 0.15) is 17.3 Å². The number of hydrogen-bond acceptors (Lipinski definition) is 5. The Hall–Kier alpha value is -1.59. The summed E-state index contributed by atoms with van der Waals surface area (Å²) in [6, 6.07) is 4.69. The van der Waals surface area contributed by atoms with E-state index in [-0.39, 0.29) is 19.0 Å². The number of nitrogen functional groups attached to an aromatic ring is 1. The van der Waals surface area contributed by atoms with Gasteiger partial charge in [0.1, 0.15) is 18.5 Å². The molecule has 5 nitrogen and oxygen atoms in total. The Labute approximate surface area is 93.5 Å². The third kappa shape index (κ3) is 3.22. The Balaban J connectivity index is 2.82. The third-order valence-electron chi connectivity index (χ3n) is 2.02. The van der Waals surface area contributed by atoms with Crippen LogP contribution in [0.15, 0.2) is 18.2 Å². The van der Waals surface area contributed by atoms with Gasteiger partial charge in [-0.05, 0) is 25.1 Å². The number of aliphatic hydroxyl groups is 2. The highest BCUT2D eigenvalue weighted by Gasteiger charge is 2.10. The normalized spacial score (nSPS) is 12.2. The molecule has 0 aromatic heterocycles. The largest absolute Gasteiger partial charge is 0.490 e. The van der Waals surface area contributed by atoms with Crippen molar-refractivity contribution < 1.29 is 19.7 Å². The van der Waals surface area contributed by atoms with Gasteiger partial charge in [0.15, 0.2) is 5.78 Å². The minimum Gasteiger partial charge on any atom is -0.490 e. The Bertz CT molecular complexity index is 378. The number of ether oxygens (including phenoxy) is 1. The van der Waals surface area contributed by atoms with Crippen molar-refractivity contribution in [1.82, 2.24) is 0 Å². The lowest BCUT2D eigenvalue weighted by Crippen LogP contribution is -2.21. The van der Waals surface area contributed by atoms with E-state index in [2.05, 4.69) is 0 Å². The van der Waals surface area contributed by atoms with Crippen LogP contribution < -0.4 is 10.5 Å². The predicted octanol–water partition coefficient (Wildman–Crippen LogP) is 0.203. The quantitative estimate of drug-likeness (QED) is 0.492. The van der Waals surface area contributed by atoms with Crippen LogP contribution in [-0.2, 0) is 0 Å². The fourth-order valence-electron chi connectivity index (χ4n) is 1.19. The summed E-state index contributed by atoms with van der Waals surface area (Å²) in [4.78, 5) is 11.3. The highest BCUT2D eigenvalue weighted by atomic mass is 16.5. The van der Waals surface area contributed by atoms with Gasteiger partial charge < -0.3 is 20.7 Å². The summed E-state index contributed by atoms with van der Waals surface area (Å²) in [5, 5.41) is 17.7. The maximum absolute atomic E-state index is 11.3. The molecule has 0 heterocycles. The minimum absolute atomic E-state index is 0.0688. The van der Waals surface area contributed by atoms with Crippen molar-refractivity contribution in [2.45, 2.75) is 13.0 Å². The number of nitrogens with two attached hydrogens (primary N) is 1. The lowest BCUT2D eigenvalue weighted by Gasteiger charge is -2.12. The van der Waals surface area contributed by atoms with E-state index in [1.54, 1.807) is 12.1 Å². The van der Waals surface area contributed by atoms with Gasteiger partial charge in [-0.2, -0.15) is 0 Å². The first-order valence-electron chi connectivity index (χ1n) is 4.86. The molecule has 1 unspecified atom stereocenters. The molecule has 4 N–H and O–H groups in total. The summed E-state index contributed by atoms with van der Waals surface area (Å²) in [6.45, 7) is 0.954. The molecular formula is C11H15NO4. The molecule has 0 saturated heterocycles. The lowest BCUT2D eigenvalue weighted by atomic mass is 10.1. The third-order valence-corrected chi connectivity index (χ3v) is 2.02. The van der Waals surface area contributed by atoms with Crippen molar-refractivity contribution >= 4 is 11.5 Å². The van der Waals surface area contributed by atoms with Gasteiger partial charge >= 0.3 is 0 Å². The van der Waals surface area contributed by atoms with E-state index >= 15 is 0 Å². The van der Waals surface area contributed by atoms with Gasteiger partial charge in [-0.25, -0.2) is 0 Å². The van der Waals surface area contributed by atoms with Gasteiger partial charge in [-0.15, -0.1) is 0 Å². The molecule has 0 aliphatic heterocycles. The second-order valence-electron chi connectivity index (χ2n) is 3.46. The minimum atomic E-state index is -0.961. The average Bonchev–Trinajstić information content (AvgIpc) is 2.26. The first kappa shape index (κ1) is 12.5. The molecule has 0 amide bonds. The topological polar surface area (TPSA) is 92.8 Å². The molecule has 1 atom stereocenters. The highest BCUT2D eigenvalue weighted by Crippen LogP contribution is 2.22. The van der Waals surface area contributed by atoms with Gasteiger partial charge in [-0.3, -0.25) is 4.79 Å². The molecule has 1 aromatic carbocycles. The van der Waals surface area contributed by atoms with E-state index in [9.17, 15) is 4.79 Å². The number of anilines is 1. The molecule has 0 radical (unpaired) electrons. The van der Waals surface area contributed by atoms with Crippen LogP contribution in [0.25, 0.3) is 0 Å². The summed E-state index contributed by atoms with van der Waals surface area (Å²) in [7, 11) is 0. The molecule has 0 aliphatic rings. The number of carbonyl (C=O) groups excluding carboxylic acids is 1. The summed E-state index contributed by atoms with van der Waals surface area (Å²) >= 11 is 0. The van der Waals surface area contributed by atoms with E-state index in [1.807, 2.05) is 0 Å². The summed E-state index contributed by atoms with van der Waals surface area (Å²) in [5.41, 5.74) is 6.39. The molecule has 0 aliphatic carbocycles. The Morgan fingerprint density at radius 3 is 2.81 bits per heavy atom. The van der Waals surface area contributed by atoms with Crippen LogP contribution in [-0.4, -0.2) is 35.3 Å². The Morgan fingerprint density at radius 2 is 2.25 bits per heavy atom. The average molecular weight is 225 g/mol. The van der Waals surface area contributed by atoms with Crippen LogP contribution >= 0.6 is 0 Å². The fraction of sp³-hybridized carbons (Fsp3) is 0.364. The van der Waals surface area contributed by atoms with Crippen LogP contribution in [0, 0.1) is 0 Å². The van der Waals surface area contributed by atoms with E-state index in [4.69, 9.17) is 20.7 Å². The zero-order valence-corrected chi connectivity index (χ0v) is 9.01. The van der Waals surface area contributed by atoms with E-state index in [0.29, 0.717) is 17.0 Å². The van der Waals surface area contributed by atoms with Crippen LogP contribution in [0.5, 0.6) is 5.75 Å². The molecule has 0 saturated carbocycles. The van der Waals surface area contributed by atoms with Crippen molar-refractivity contribution in [2.75, 3.05) is 18.9 Å². The first-order chi connectivity index (χ1) is 7.54. The molecule has 0 bridgehead atoms. The number of aliphatic hydroxyl groups excluding tert-OH is 2. The zero-order chi connectivity index (χ0) is 12.1. The maximum atomic E-state index is 11.3. The molecule has 1 aromatic rings. The van der Waals surface area contributed by atoms with Crippen molar-refractivity contribution in [1.29, 1.82) is 0 Å². The summed E-state index contributed by atoms with van der Waals surface area (Å²) in [6.07, 6.45) is -0.961. The number of rotatable bonds is 5. The molecule has 5 heteroatoms. The smallest absolute Gasteiger partial charge is 0.163 e. The van der Waals surface area contributed by atoms with Crippen molar-refractivity contribution in [3.8, 4) is 5.75 Å². The Morgan fingerprint density at radius 1 is 1.56 bits per heavy atom. The molecule has 88 valence electrons. The Kier molecular flexibility index (Phi) is 4.28. The van der Waals surface area contributed by atoms with Gasteiger partial charge in [0, 0.05) is 5.69 Å². The molecule has 1 rings (SSSR count). The number of carbonyl (C=O) groups is 1. The van der Waals surface area contributed by atoms with Crippen molar-refractivity contribution in [2.24, 2.45) is 0 Å². The SMILES string of the molecule is CC(=O)c1cc(N)ccc1OCC(O)CO. The van der Waals surface area contributed by atoms with Gasteiger partial charge in [0.25, 0.3) is 0 Å². The number of Topliss-reactive ketones (excluding diaryl/α,β-unsaturated/α-hetero) is 1. The van der Waals surface area contributed by atoms with Crippen LogP contribution in [0.4, 0.5) is 5.69 Å². The van der Waals surface area contributed by atoms with Crippen LogP contribution in [0.2, 0.25) is 0 Å². The zero-order valence-electron chi connectivity index (χ0n) is 9.01. The van der Waals surface area contributed by atoms with Crippen LogP contribution in [0.3, 0.4) is 0 Å². The van der Waals surface area contributed by atoms with Crippen molar-refractivity contribution in [3.05, 3.63) is 23.8 Å². The lowest BCUT2D eigenvalue weighted by molar-refractivity contribution is 0.0532. The molecular weight excluding hydrogens is 210 g/mol. The monoisotopic (exact) mass is 225 g/mol. The van der Waals surface area contributed by atoms with Gasteiger partial charge in [0.2, 0.25) is 0 Å². The summed E-state index contributed by atoms with van der Waals surface area (Å²) in [5.74, 6) is 0.190. The molecule has 0 fully saturated rings. The second-order valence-corrected chi connectivity index (χ2v) is 3.46. The first-order valence-corrected chi connectivity index (χ1v) is 4.86. The molecule has 0 spiro atoms. The fourth-order valence-corrected chi connectivity index (χ4v) is 1.19. The van der Waals surface area contributed by atoms with Gasteiger partial charge in [0.05, 0.1) is 12.2 Å². The number of benzene rings is 1. The van der Waals surface area contributed by atoms with E-state index in [1.165, 1.54) is 13.0 Å². The standard InChI is InChI=1S/C11H15NO4/c1-7(14)10-4-8(12)2-3-11(10)16-6-9(15)5-13/h2-4,9,13,15H,5-6,12H2,1H3. The van der Waals surface area contributed by atoms with Crippen molar-refractivity contribution in [3.63, 3.8) is 0 Å². The maximum Gasteiger partial charge on any atom is 0.163 e. The van der Waals surface area contributed by atoms with E-state index in [0.717, 1.165) is 0 Å². The second kappa shape index (κ2) is 5.48.